The number of nitrogens with one attached hydrogen (secondary N) is 2. The zero-order valence-corrected chi connectivity index (χ0v) is 14.5. The van der Waals surface area contributed by atoms with Gasteiger partial charge in [-0.1, -0.05) is 0 Å². The van der Waals surface area contributed by atoms with Gasteiger partial charge in [0.05, 0.1) is 12.3 Å². The van der Waals surface area contributed by atoms with E-state index in [-0.39, 0.29) is 5.97 Å². The molecule has 1 aliphatic carbocycles. The molecule has 7 nitrogen and oxygen atoms in total. The van der Waals surface area contributed by atoms with Gasteiger partial charge in [-0.15, -0.1) is 11.3 Å². The second-order valence-corrected chi connectivity index (χ2v) is 6.73. The number of thiazole rings is 1. The van der Waals surface area contributed by atoms with Crippen LogP contribution in [0.3, 0.4) is 0 Å². The van der Waals surface area contributed by atoms with Gasteiger partial charge in [0.2, 0.25) is 5.95 Å². The summed E-state index contributed by atoms with van der Waals surface area (Å²) < 4.78 is 5.09. The molecule has 0 saturated heterocycles. The number of aryl methyl sites for hydroxylation is 2. The molecule has 0 radical (unpaired) electrons. The van der Waals surface area contributed by atoms with Crippen LogP contribution in [0.25, 0.3) is 11.4 Å². The number of hydrogen-bond donors (Lipinski definition) is 2. The van der Waals surface area contributed by atoms with Crippen molar-refractivity contribution >= 4 is 28.4 Å². The fraction of sp³-hybridized carbons (Fsp3) is 0.294. The molecule has 0 atom stereocenters. The average Bonchev–Trinajstić information content (AvgIpc) is 3.17. The van der Waals surface area contributed by atoms with Crippen molar-refractivity contribution in [3.8, 4) is 11.4 Å². The Morgan fingerprint density at radius 1 is 1.36 bits per heavy atom. The van der Waals surface area contributed by atoms with Crippen LogP contribution in [-0.2, 0) is 17.6 Å². The summed E-state index contributed by atoms with van der Waals surface area (Å²) in [5.41, 5.74) is 3.39. The van der Waals surface area contributed by atoms with Crippen molar-refractivity contribution in [3.63, 3.8) is 0 Å². The Hall–Kier alpha value is -2.74. The van der Waals surface area contributed by atoms with Crippen LogP contribution >= 0.6 is 11.3 Å². The van der Waals surface area contributed by atoms with Gasteiger partial charge in [0.15, 0.2) is 5.13 Å². The molecule has 0 aliphatic heterocycles. The van der Waals surface area contributed by atoms with E-state index in [4.69, 9.17) is 9.72 Å². The van der Waals surface area contributed by atoms with Crippen LogP contribution in [0.1, 0.15) is 34.3 Å². The number of hydrogen-bond acceptors (Lipinski definition) is 7. The first kappa shape index (κ1) is 15.8. The third-order valence-corrected chi connectivity index (χ3v) is 4.99. The van der Waals surface area contributed by atoms with Gasteiger partial charge >= 0.3 is 5.97 Å². The summed E-state index contributed by atoms with van der Waals surface area (Å²) in [7, 11) is 0. The van der Waals surface area contributed by atoms with Crippen molar-refractivity contribution in [3.05, 3.63) is 40.7 Å². The summed E-state index contributed by atoms with van der Waals surface area (Å²) in [6.07, 6.45) is 6.26. The predicted octanol–water partition coefficient (Wildman–Crippen LogP) is 3.34. The van der Waals surface area contributed by atoms with Crippen LogP contribution in [0.4, 0.5) is 11.1 Å². The van der Waals surface area contributed by atoms with Crippen molar-refractivity contribution in [1.29, 1.82) is 0 Å². The first-order valence-electron chi connectivity index (χ1n) is 8.17. The summed E-state index contributed by atoms with van der Waals surface area (Å²) in [5, 5.41) is 3.89. The number of carbonyl (C=O) groups excluding carboxylic acids is 1. The van der Waals surface area contributed by atoms with Crippen LogP contribution in [-0.4, -0.2) is 32.5 Å². The molecule has 0 amide bonds. The molecule has 25 heavy (non-hydrogen) atoms. The molecule has 3 aromatic heterocycles. The lowest BCUT2D eigenvalue weighted by molar-refractivity contribution is 0.0520. The number of carbonyl (C=O) groups is 1. The fourth-order valence-electron chi connectivity index (χ4n) is 2.89. The Morgan fingerprint density at radius 2 is 2.20 bits per heavy atom. The standard InChI is InChI=1S/C17H17N5O2S/c1-2-24-15(23)11-9-10-5-3-6-12-14(13(10)20-11)21-17(25-12)22-16-18-7-4-8-19-16/h4,7-9,20H,2-3,5-6H2,1H3,(H,18,19,21,22). The Labute approximate surface area is 148 Å². The zero-order chi connectivity index (χ0) is 17.2. The van der Waals surface area contributed by atoms with Crippen molar-refractivity contribution in [2.45, 2.75) is 26.2 Å². The van der Waals surface area contributed by atoms with Crippen LogP contribution in [0, 0.1) is 0 Å². The van der Waals surface area contributed by atoms with Crippen molar-refractivity contribution < 1.29 is 9.53 Å². The minimum atomic E-state index is -0.330. The number of rotatable bonds is 4. The average molecular weight is 355 g/mol. The summed E-state index contributed by atoms with van der Waals surface area (Å²) in [6, 6.07) is 3.65. The number of ether oxygens (including phenoxy) is 1. The highest BCUT2D eigenvalue weighted by molar-refractivity contribution is 7.16. The smallest absolute Gasteiger partial charge is 0.354 e. The highest BCUT2D eigenvalue weighted by atomic mass is 32.1. The molecule has 3 heterocycles. The maximum absolute atomic E-state index is 12.0. The van der Waals surface area contributed by atoms with E-state index in [0.717, 1.165) is 41.3 Å². The van der Waals surface area contributed by atoms with E-state index < -0.39 is 0 Å². The van der Waals surface area contributed by atoms with Gasteiger partial charge in [-0.3, -0.25) is 0 Å². The Kier molecular flexibility index (Phi) is 4.19. The number of H-pyrrole nitrogens is 1. The molecule has 0 spiro atoms. The minimum Gasteiger partial charge on any atom is -0.461 e. The Bertz CT molecular complexity index is 903. The number of anilines is 2. The quantitative estimate of drug-likeness (QED) is 0.697. The lowest BCUT2D eigenvalue weighted by atomic mass is 10.1. The molecule has 128 valence electrons. The Balaban J connectivity index is 1.68. The van der Waals surface area contributed by atoms with Gasteiger partial charge in [0.25, 0.3) is 0 Å². The van der Waals surface area contributed by atoms with Crippen LogP contribution in [0.15, 0.2) is 24.5 Å². The number of aromatic nitrogens is 4. The van der Waals surface area contributed by atoms with Gasteiger partial charge in [0, 0.05) is 17.3 Å². The second kappa shape index (κ2) is 6.64. The lowest BCUT2D eigenvalue weighted by Gasteiger charge is -1.99. The molecular weight excluding hydrogens is 338 g/mol. The molecule has 0 fully saturated rings. The molecule has 4 rings (SSSR count). The topological polar surface area (TPSA) is 92.8 Å². The summed E-state index contributed by atoms with van der Waals surface area (Å²) in [5.74, 6) is 0.189. The molecular formula is C17H17N5O2S. The monoisotopic (exact) mass is 355 g/mol. The van der Waals surface area contributed by atoms with Crippen LogP contribution in [0.2, 0.25) is 0 Å². The van der Waals surface area contributed by atoms with Crippen molar-refractivity contribution in [2.24, 2.45) is 0 Å². The van der Waals surface area contributed by atoms with E-state index in [1.807, 2.05) is 6.07 Å². The molecule has 1 aliphatic rings. The highest BCUT2D eigenvalue weighted by Gasteiger charge is 2.23. The van der Waals surface area contributed by atoms with E-state index in [9.17, 15) is 4.79 Å². The second-order valence-electron chi connectivity index (χ2n) is 5.65. The number of esters is 1. The van der Waals surface area contributed by atoms with Gasteiger partial charge in [-0.25, -0.2) is 19.7 Å². The SMILES string of the molecule is CCOC(=O)c1cc2c([nH]1)-c1nc(Nc3ncccn3)sc1CCC2. The molecule has 8 heteroatoms. The maximum Gasteiger partial charge on any atom is 0.354 e. The molecule has 3 aromatic rings. The van der Waals surface area contributed by atoms with Gasteiger partial charge in [0.1, 0.15) is 11.4 Å². The first-order valence-corrected chi connectivity index (χ1v) is 8.99. The van der Waals surface area contributed by atoms with Gasteiger partial charge < -0.3 is 15.0 Å². The van der Waals surface area contributed by atoms with Crippen molar-refractivity contribution in [2.75, 3.05) is 11.9 Å². The third kappa shape index (κ3) is 3.12. The van der Waals surface area contributed by atoms with E-state index in [1.165, 1.54) is 4.88 Å². The summed E-state index contributed by atoms with van der Waals surface area (Å²) >= 11 is 1.60. The molecule has 0 saturated carbocycles. The summed E-state index contributed by atoms with van der Waals surface area (Å²) in [4.78, 5) is 29.4. The summed E-state index contributed by atoms with van der Waals surface area (Å²) in [6.45, 7) is 2.16. The zero-order valence-electron chi connectivity index (χ0n) is 13.7. The van der Waals surface area contributed by atoms with E-state index in [0.29, 0.717) is 18.2 Å². The predicted molar refractivity (Wildman–Crippen MR) is 95.2 cm³/mol. The third-order valence-electron chi connectivity index (χ3n) is 3.96. The van der Waals surface area contributed by atoms with E-state index >= 15 is 0 Å². The Morgan fingerprint density at radius 3 is 3.00 bits per heavy atom. The minimum absolute atomic E-state index is 0.330. The van der Waals surface area contributed by atoms with Gasteiger partial charge in [-0.05, 0) is 43.9 Å². The van der Waals surface area contributed by atoms with E-state index in [2.05, 4.69) is 20.3 Å². The number of nitrogens with zero attached hydrogens (tertiary/aromatic N) is 3. The van der Waals surface area contributed by atoms with Crippen molar-refractivity contribution in [1.82, 2.24) is 19.9 Å². The number of fused-ring (bicyclic) bond motifs is 3. The largest absolute Gasteiger partial charge is 0.461 e. The van der Waals surface area contributed by atoms with Crippen LogP contribution in [0.5, 0.6) is 0 Å². The van der Waals surface area contributed by atoms with E-state index in [1.54, 1.807) is 36.7 Å². The first-order chi connectivity index (χ1) is 12.2. The normalized spacial score (nSPS) is 12.8. The maximum atomic E-state index is 12.0. The number of aromatic amines is 1. The van der Waals surface area contributed by atoms with Crippen LogP contribution < -0.4 is 5.32 Å². The fourth-order valence-corrected chi connectivity index (χ4v) is 3.90. The molecule has 0 aromatic carbocycles. The molecule has 2 N–H and O–H groups in total. The highest BCUT2D eigenvalue weighted by Crippen LogP contribution is 2.37. The van der Waals surface area contributed by atoms with Gasteiger partial charge in [-0.2, -0.15) is 0 Å². The lowest BCUT2D eigenvalue weighted by Crippen LogP contribution is -2.04. The molecule has 0 unspecified atom stereocenters. The molecule has 0 bridgehead atoms.